The normalized spacial score (nSPS) is 11.2. The molecule has 22 heavy (non-hydrogen) atoms. The Hall–Kier alpha value is -1.29. The Kier molecular flexibility index (Phi) is 5.00. The lowest BCUT2D eigenvalue weighted by molar-refractivity contribution is 0.0702. The molecule has 2 N–H and O–H groups in total. The topological polar surface area (TPSA) is 92.7 Å². The van der Waals surface area contributed by atoms with Crippen molar-refractivity contribution >= 4 is 60.5 Å². The van der Waals surface area contributed by atoms with Gasteiger partial charge in [0, 0.05) is 5.02 Å². The van der Waals surface area contributed by atoms with Crippen LogP contribution in [0.2, 0.25) is 5.02 Å². The highest BCUT2D eigenvalue weighted by Gasteiger charge is 2.24. The van der Waals surface area contributed by atoms with Crippen LogP contribution in [-0.2, 0) is 10.0 Å². The monoisotopic (exact) mass is 425 g/mol. The van der Waals surface area contributed by atoms with Crippen molar-refractivity contribution in [1.29, 1.82) is 0 Å². The van der Waals surface area contributed by atoms with E-state index in [0.717, 1.165) is 17.4 Å². The maximum Gasteiger partial charge on any atom is 0.345 e. The second-order valence-electron chi connectivity index (χ2n) is 4.00. The summed E-state index contributed by atoms with van der Waals surface area (Å²) in [7, 11) is -2.60. The summed E-state index contributed by atoms with van der Waals surface area (Å²) < 4.78 is 32.4. The van der Waals surface area contributed by atoms with Crippen LogP contribution in [0.15, 0.2) is 32.9 Å². The van der Waals surface area contributed by atoms with Crippen LogP contribution in [0.25, 0.3) is 0 Å². The molecule has 118 valence electrons. The van der Waals surface area contributed by atoms with Crippen molar-refractivity contribution < 1.29 is 23.1 Å². The number of benzene rings is 1. The van der Waals surface area contributed by atoms with Crippen molar-refractivity contribution in [2.45, 2.75) is 4.90 Å². The van der Waals surface area contributed by atoms with Gasteiger partial charge >= 0.3 is 5.97 Å². The molecule has 0 aliphatic carbocycles. The highest BCUT2D eigenvalue weighted by molar-refractivity contribution is 9.11. The van der Waals surface area contributed by atoms with E-state index in [1.807, 2.05) is 0 Å². The van der Waals surface area contributed by atoms with Gasteiger partial charge in [0.1, 0.15) is 15.5 Å². The Morgan fingerprint density at radius 1 is 1.41 bits per heavy atom. The van der Waals surface area contributed by atoms with Gasteiger partial charge in [-0.2, -0.15) is 0 Å². The van der Waals surface area contributed by atoms with Crippen molar-refractivity contribution in [3.8, 4) is 5.75 Å². The van der Waals surface area contributed by atoms with Crippen molar-refractivity contribution in [2.24, 2.45) is 0 Å². The molecule has 0 saturated carbocycles. The van der Waals surface area contributed by atoms with Crippen LogP contribution in [0.5, 0.6) is 5.75 Å². The van der Waals surface area contributed by atoms with Crippen molar-refractivity contribution in [1.82, 2.24) is 0 Å². The van der Waals surface area contributed by atoms with Gasteiger partial charge in [-0.25, -0.2) is 13.2 Å². The van der Waals surface area contributed by atoms with E-state index in [4.69, 9.17) is 21.4 Å². The Morgan fingerprint density at radius 2 is 2.09 bits per heavy atom. The predicted octanol–water partition coefficient (Wildman–Crippen LogP) is 3.67. The lowest BCUT2D eigenvalue weighted by atomic mass is 10.3. The van der Waals surface area contributed by atoms with E-state index in [0.29, 0.717) is 5.02 Å². The average molecular weight is 427 g/mol. The second kappa shape index (κ2) is 6.45. The molecule has 1 aromatic carbocycles. The summed E-state index contributed by atoms with van der Waals surface area (Å²) in [5.41, 5.74) is 0.157. The van der Waals surface area contributed by atoms with E-state index in [2.05, 4.69) is 20.7 Å². The molecule has 2 aromatic rings. The van der Waals surface area contributed by atoms with Gasteiger partial charge in [-0.15, -0.1) is 11.3 Å². The number of thiophene rings is 1. The smallest absolute Gasteiger partial charge is 0.345 e. The van der Waals surface area contributed by atoms with Gasteiger partial charge < -0.3 is 9.84 Å². The maximum atomic E-state index is 12.4. The molecule has 2 rings (SSSR count). The molecule has 0 spiro atoms. The maximum absolute atomic E-state index is 12.4. The largest absolute Gasteiger partial charge is 0.495 e. The number of methoxy groups -OCH3 is 1. The van der Waals surface area contributed by atoms with E-state index < -0.39 is 16.0 Å². The van der Waals surface area contributed by atoms with E-state index in [9.17, 15) is 13.2 Å². The Bertz CT molecular complexity index is 834. The zero-order valence-corrected chi connectivity index (χ0v) is 14.9. The molecule has 0 aliphatic rings. The first kappa shape index (κ1) is 17.1. The number of sulfonamides is 1. The van der Waals surface area contributed by atoms with Gasteiger partial charge in [-0.05, 0) is 40.2 Å². The number of carboxylic acid groups (broad SMARTS) is 1. The Morgan fingerprint density at radius 3 is 2.64 bits per heavy atom. The van der Waals surface area contributed by atoms with Crippen molar-refractivity contribution in [3.63, 3.8) is 0 Å². The summed E-state index contributed by atoms with van der Waals surface area (Å²) in [4.78, 5) is 10.7. The number of hydrogen-bond acceptors (Lipinski definition) is 5. The number of nitrogens with one attached hydrogen (secondary N) is 1. The molecule has 1 heterocycles. The highest BCUT2D eigenvalue weighted by atomic mass is 79.9. The van der Waals surface area contributed by atoms with Crippen LogP contribution < -0.4 is 9.46 Å². The van der Waals surface area contributed by atoms with Gasteiger partial charge in [-0.1, -0.05) is 11.6 Å². The van der Waals surface area contributed by atoms with Crippen LogP contribution in [0.1, 0.15) is 9.67 Å². The number of anilines is 1. The molecule has 1 aromatic heterocycles. The summed E-state index contributed by atoms with van der Waals surface area (Å²) in [6, 6.07) is 5.56. The summed E-state index contributed by atoms with van der Waals surface area (Å²) in [5.74, 6) is -0.912. The van der Waals surface area contributed by atoms with Crippen LogP contribution in [-0.4, -0.2) is 26.6 Å². The quantitative estimate of drug-likeness (QED) is 0.761. The molecule has 10 heteroatoms. The van der Waals surface area contributed by atoms with Crippen LogP contribution in [0.4, 0.5) is 5.69 Å². The molecule has 0 amide bonds. The summed E-state index contributed by atoms with van der Waals surface area (Å²) in [5, 5.41) is 9.26. The molecule has 0 fully saturated rings. The number of aromatic carboxylic acids is 1. The van der Waals surface area contributed by atoms with Crippen molar-refractivity contribution in [3.05, 3.63) is 38.0 Å². The Balaban J connectivity index is 2.44. The fourth-order valence-electron chi connectivity index (χ4n) is 1.60. The summed E-state index contributed by atoms with van der Waals surface area (Å²) in [6.45, 7) is 0. The second-order valence-corrected chi connectivity index (χ2v) is 8.46. The fraction of sp³-hybridized carbons (Fsp3) is 0.0833. The molecular formula is C12H9BrClNO5S2. The van der Waals surface area contributed by atoms with Crippen LogP contribution >= 0.6 is 38.9 Å². The zero-order valence-electron chi connectivity index (χ0n) is 11.0. The number of halogens is 2. The van der Waals surface area contributed by atoms with E-state index in [-0.39, 0.29) is 25.0 Å². The molecule has 0 atom stereocenters. The third-order valence-electron chi connectivity index (χ3n) is 2.56. The average Bonchev–Trinajstić information content (AvgIpc) is 2.82. The SMILES string of the molecule is COc1ccc(Cl)cc1NS(=O)(=O)c1cc(C(=O)O)sc1Br. The zero-order chi connectivity index (χ0) is 16.5. The van der Waals surface area contributed by atoms with Crippen molar-refractivity contribution in [2.75, 3.05) is 11.8 Å². The highest BCUT2D eigenvalue weighted by Crippen LogP contribution is 2.35. The number of carbonyl (C=O) groups is 1. The molecule has 0 bridgehead atoms. The molecule has 0 radical (unpaired) electrons. The number of ether oxygens (including phenoxy) is 1. The molecule has 0 unspecified atom stereocenters. The summed E-state index contributed by atoms with van der Waals surface area (Å²) in [6.07, 6.45) is 0. The van der Waals surface area contributed by atoms with E-state index in [1.165, 1.54) is 19.2 Å². The minimum Gasteiger partial charge on any atom is -0.495 e. The molecule has 0 saturated heterocycles. The fourth-order valence-corrected chi connectivity index (χ4v) is 5.24. The number of carboxylic acids is 1. The van der Waals surface area contributed by atoms with Gasteiger partial charge in [0.15, 0.2) is 0 Å². The Labute approximate surface area is 143 Å². The van der Waals surface area contributed by atoms with Crippen LogP contribution in [0.3, 0.4) is 0 Å². The molecular weight excluding hydrogens is 418 g/mol. The molecule has 0 aliphatic heterocycles. The van der Waals surface area contributed by atoms with E-state index in [1.54, 1.807) is 6.07 Å². The standard InChI is InChI=1S/C12H9BrClNO5S2/c1-20-8-3-2-6(14)4-7(8)15-22(18,19)10-5-9(12(16)17)21-11(10)13/h2-5,15H,1H3,(H,16,17). The first-order chi connectivity index (χ1) is 10.2. The van der Waals surface area contributed by atoms with Crippen LogP contribution in [0, 0.1) is 0 Å². The van der Waals surface area contributed by atoms with Gasteiger partial charge in [0.2, 0.25) is 0 Å². The lowest BCUT2D eigenvalue weighted by Gasteiger charge is -2.11. The summed E-state index contributed by atoms with van der Waals surface area (Å²) >= 11 is 9.73. The first-order valence-electron chi connectivity index (χ1n) is 5.63. The number of rotatable bonds is 5. The minimum absolute atomic E-state index is 0.0923. The number of hydrogen-bond donors (Lipinski definition) is 2. The van der Waals surface area contributed by atoms with Gasteiger partial charge in [0.05, 0.1) is 16.6 Å². The van der Waals surface area contributed by atoms with E-state index >= 15 is 0 Å². The minimum atomic E-state index is -3.99. The lowest BCUT2D eigenvalue weighted by Crippen LogP contribution is -2.13. The van der Waals surface area contributed by atoms with Gasteiger partial charge in [-0.3, -0.25) is 4.72 Å². The first-order valence-corrected chi connectivity index (χ1v) is 9.10. The predicted molar refractivity (Wildman–Crippen MR) is 87.8 cm³/mol. The third kappa shape index (κ3) is 3.54. The third-order valence-corrected chi connectivity index (χ3v) is 6.40. The van der Waals surface area contributed by atoms with Gasteiger partial charge in [0.25, 0.3) is 10.0 Å². The molecule has 6 nitrogen and oxygen atoms in total.